The van der Waals surface area contributed by atoms with Gasteiger partial charge in [-0.1, -0.05) is 36.2 Å². The van der Waals surface area contributed by atoms with Crippen LogP contribution in [0.1, 0.15) is 30.9 Å². The highest BCUT2D eigenvalue weighted by atomic mass is 35.5. The number of carbonyl (C=O) groups excluding carboxylic acids is 1. The van der Waals surface area contributed by atoms with E-state index in [2.05, 4.69) is 30.1 Å². The fourth-order valence-electron chi connectivity index (χ4n) is 3.89. The topological polar surface area (TPSA) is 45.2 Å². The van der Waals surface area contributed by atoms with Crippen molar-refractivity contribution in [1.82, 2.24) is 4.98 Å². The van der Waals surface area contributed by atoms with Gasteiger partial charge >= 0.3 is 0 Å². The second kappa shape index (κ2) is 8.83. The van der Waals surface area contributed by atoms with Crippen molar-refractivity contribution in [1.29, 1.82) is 0 Å². The Balaban J connectivity index is 1.50. The van der Waals surface area contributed by atoms with Crippen LogP contribution in [-0.4, -0.2) is 24.0 Å². The van der Waals surface area contributed by atoms with Crippen LogP contribution >= 0.6 is 23.2 Å². The Labute approximate surface area is 187 Å². The summed E-state index contributed by atoms with van der Waals surface area (Å²) in [6, 6.07) is 13.3. The minimum atomic E-state index is -0.0996. The number of aryl methyl sites for hydroxylation is 1. The number of anilines is 2. The zero-order valence-electron chi connectivity index (χ0n) is 17.2. The SMILES string of the molecule is Cc1cc(N2CCC(C)CC2)nc2ccc(NC(=O)Cc3ccc(Cl)c(Cl)c3)cc12. The number of nitrogens with one attached hydrogen (secondary N) is 1. The molecule has 30 heavy (non-hydrogen) atoms. The molecule has 2 heterocycles. The molecule has 4 rings (SSSR count). The molecular weight excluding hydrogens is 417 g/mol. The van der Waals surface area contributed by atoms with Crippen LogP contribution in [0.25, 0.3) is 10.9 Å². The lowest BCUT2D eigenvalue weighted by molar-refractivity contribution is -0.115. The first-order valence-corrected chi connectivity index (χ1v) is 11.0. The van der Waals surface area contributed by atoms with Crippen LogP contribution in [0.3, 0.4) is 0 Å². The Morgan fingerprint density at radius 1 is 1.10 bits per heavy atom. The number of fused-ring (bicyclic) bond motifs is 1. The summed E-state index contributed by atoms with van der Waals surface area (Å²) in [7, 11) is 0. The molecule has 0 atom stereocenters. The summed E-state index contributed by atoms with van der Waals surface area (Å²) >= 11 is 12.0. The van der Waals surface area contributed by atoms with Gasteiger partial charge < -0.3 is 10.2 Å². The fourth-order valence-corrected chi connectivity index (χ4v) is 4.21. The summed E-state index contributed by atoms with van der Waals surface area (Å²) in [5, 5.41) is 4.96. The number of piperidine rings is 1. The lowest BCUT2D eigenvalue weighted by Crippen LogP contribution is -2.33. The smallest absolute Gasteiger partial charge is 0.228 e. The number of benzene rings is 2. The molecule has 1 aliphatic rings. The number of halogens is 2. The highest BCUT2D eigenvalue weighted by Gasteiger charge is 2.18. The van der Waals surface area contributed by atoms with Crippen LogP contribution in [0.15, 0.2) is 42.5 Å². The van der Waals surface area contributed by atoms with Crippen LogP contribution in [0.4, 0.5) is 11.5 Å². The van der Waals surface area contributed by atoms with Gasteiger partial charge in [0.15, 0.2) is 0 Å². The molecule has 1 N–H and O–H groups in total. The standard InChI is InChI=1S/C24H25Cl2N3O/c1-15-7-9-29(10-8-15)23-11-16(2)19-14-18(4-6-22(19)28-23)27-24(30)13-17-3-5-20(25)21(26)12-17/h3-6,11-12,14-15H,7-10,13H2,1-2H3,(H,27,30). The van der Waals surface area contributed by atoms with Crippen molar-refractivity contribution < 1.29 is 4.79 Å². The van der Waals surface area contributed by atoms with Crippen molar-refractivity contribution in [2.24, 2.45) is 5.92 Å². The highest BCUT2D eigenvalue weighted by molar-refractivity contribution is 6.42. The molecule has 2 aromatic carbocycles. The molecule has 3 aromatic rings. The monoisotopic (exact) mass is 441 g/mol. The van der Waals surface area contributed by atoms with Gasteiger partial charge in [0.05, 0.1) is 22.0 Å². The van der Waals surface area contributed by atoms with E-state index in [0.29, 0.717) is 10.0 Å². The summed E-state index contributed by atoms with van der Waals surface area (Å²) in [5.74, 6) is 1.73. The van der Waals surface area contributed by atoms with E-state index in [-0.39, 0.29) is 12.3 Å². The molecule has 1 fully saturated rings. The number of hydrogen-bond donors (Lipinski definition) is 1. The van der Waals surface area contributed by atoms with E-state index in [1.165, 1.54) is 12.8 Å². The molecule has 0 spiro atoms. The minimum absolute atomic E-state index is 0.0996. The summed E-state index contributed by atoms with van der Waals surface area (Å²) < 4.78 is 0. The Morgan fingerprint density at radius 3 is 2.60 bits per heavy atom. The quantitative estimate of drug-likeness (QED) is 0.518. The second-order valence-electron chi connectivity index (χ2n) is 8.17. The fraction of sp³-hybridized carbons (Fsp3) is 0.333. The zero-order valence-corrected chi connectivity index (χ0v) is 18.7. The second-order valence-corrected chi connectivity index (χ2v) is 8.99. The molecule has 4 nitrogen and oxygen atoms in total. The van der Waals surface area contributed by atoms with Crippen molar-refractivity contribution in [3.8, 4) is 0 Å². The molecule has 1 aromatic heterocycles. The van der Waals surface area contributed by atoms with E-state index in [9.17, 15) is 4.79 Å². The number of amides is 1. The molecule has 1 saturated heterocycles. The largest absolute Gasteiger partial charge is 0.357 e. The molecule has 156 valence electrons. The van der Waals surface area contributed by atoms with E-state index < -0.39 is 0 Å². The Bertz CT molecular complexity index is 1090. The Hall–Kier alpha value is -2.30. The van der Waals surface area contributed by atoms with Gasteiger partial charge in [0.2, 0.25) is 5.91 Å². The van der Waals surface area contributed by atoms with Gasteiger partial charge in [-0.2, -0.15) is 0 Å². The van der Waals surface area contributed by atoms with E-state index in [4.69, 9.17) is 28.2 Å². The van der Waals surface area contributed by atoms with Crippen LogP contribution in [0, 0.1) is 12.8 Å². The first-order chi connectivity index (χ1) is 14.4. The molecular formula is C24H25Cl2N3O. The normalized spacial score (nSPS) is 14.9. The molecule has 0 radical (unpaired) electrons. The van der Waals surface area contributed by atoms with Crippen molar-refractivity contribution >= 4 is 51.5 Å². The van der Waals surface area contributed by atoms with Gasteiger partial charge in [-0.15, -0.1) is 0 Å². The van der Waals surface area contributed by atoms with Gasteiger partial charge in [-0.3, -0.25) is 4.79 Å². The van der Waals surface area contributed by atoms with Crippen molar-refractivity contribution in [2.45, 2.75) is 33.1 Å². The Kier molecular flexibility index (Phi) is 6.16. The van der Waals surface area contributed by atoms with Crippen LogP contribution in [0.2, 0.25) is 10.0 Å². The first kappa shape index (κ1) is 21.0. The van der Waals surface area contributed by atoms with E-state index in [0.717, 1.165) is 52.5 Å². The lowest BCUT2D eigenvalue weighted by Gasteiger charge is -2.31. The van der Waals surface area contributed by atoms with Gasteiger partial charge in [-0.05, 0) is 73.2 Å². The van der Waals surface area contributed by atoms with Gasteiger partial charge in [0.25, 0.3) is 0 Å². The Morgan fingerprint density at radius 2 is 1.87 bits per heavy atom. The van der Waals surface area contributed by atoms with Gasteiger partial charge in [0.1, 0.15) is 5.82 Å². The predicted molar refractivity (Wildman–Crippen MR) is 126 cm³/mol. The predicted octanol–water partition coefficient (Wildman–Crippen LogP) is 6.27. The molecule has 0 saturated carbocycles. The zero-order chi connectivity index (χ0) is 21.3. The number of carbonyl (C=O) groups is 1. The maximum Gasteiger partial charge on any atom is 0.228 e. The third-order valence-corrected chi connectivity index (χ3v) is 6.48. The van der Waals surface area contributed by atoms with Crippen molar-refractivity contribution in [3.63, 3.8) is 0 Å². The third-order valence-electron chi connectivity index (χ3n) is 5.74. The maximum atomic E-state index is 12.5. The van der Waals surface area contributed by atoms with Crippen LogP contribution in [-0.2, 0) is 11.2 Å². The van der Waals surface area contributed by atoms with Crippen molar-refractivity contribution in [3.05, 3.63) is 63.6 Å². The first-order valence-electron chi connectivity index (χ1n) is 10.3. The summed E-state index contributed by atoms with van der Waals surface area (Å²) in [4.78, 5) is 19.7. The summed E-state index contributed by atoms with van der Waals surface area (Å²) in [5.41, 5.74) is 3.69. The minimum Gasteiger partial charge on any atom is -0.357 e. The van der Waals surface area contributed by atoms with E-state index in [1.807, 2.05) is 24.3 Å². The number of nitrogens with zero attached hydrogens (tertiary/aromatic N) is 2. The van der Waals surface area contributed by atoms with Crippen LogP contribution in [0.5, 0.6) is 0 Å². The summed E-state index contributed by atoms with van der Waals surface area (Å²) in [6.07, 6.45) is 2.66. The molecule has 0 unspecified atom stereocenters. The third kappa shape index (κ3) is 4.71. The van der Waals surface area contributed by atoms with E-state index in [1.54, 1.807) is 12.1 Å². The number of aromatic nitrogens is 1. The number of rotatable bonds is 4. The maximum absolute atomic E-state index is 12.5. The molecule has 1 aliphatic heterocycles. The molecule has 1 amide bonds. The molecule has 0 aliphatic carbocycles. The summed E-state index contributed by atoms with van der Waals surface area (Å²) in [6.45, 7) is 6.53. The molecule has 6 heteroatoms. The average molecular weight is 442 g/mol. The highest BCUT2D eigenvalue weighted by Crippen LogP contribution is 2.28. The van der Waals surface area contributed by atoms with E-state index >= 15 is 0 Å². The van der Waals surface area contributed by atoms with Gasteiger partial charge in [-0.25, -0.2) is 4.98 Å². The molecule has 0 bridgehead atoms. The number of pyridine rings is 1. The lowest BCUT2D eigenvalue weighted by atomic mass is 9.99. The number of hydrogen-bond acceptors (Lipinski definition) is 3. The van der Waals surface area contributed by atoms with Crippen molar-refractivity contribution in [2.75, 3.05) is 23.3 Å². The van der Waals surface area contributed by atoms with Gasteiger partial charge in [0, 0.05) is 24.2 Å². The average Bonchev–Trinajstić information content (AvgIpc) is 2.71. The van der Waals surface area contributed by atoms with Crippen LogP contribution < -0.4 is 10.2 Å².